The number of Topliss-reactive ketones (excluding diaryl/α,β-unsaturated/α-hetero) is 1. The number of carbonyl (C=O) groups is 2. The van der Waals surface area contributed by atoms with Gasteiger partial charge in [-0.2, -0.15) is 5.10 Å². The van der Waals surface area contributed by atoms with Crippen molar-refractivity contribution in [3.8, 4) is 0 Å². The lowest BCUT2D eigenvalue weighted by atomic mass is 9.96. The average Bonchev–Trinajstić information content (AvgIpc) is 3.06. The monoisotopic (exact) mass is 325 g/mol. The van der Waals surface area contributed by atoms with E-state index in [1.165, 1.54) is 12.1 Å². The number of nitrogens with one attached hydrogen (secondary N) is 1. The van der Waals surface area contributed by atoms with Gasteiger partial charge in [-0.15, -0.1) is 0 Å². The molecule has 1 aromatic carbocycles. The van der Waals surface area contributed by atoms with Gasteiger partial charge in [0.15, 0.2) is 5.78 Å². The van der Waals surface area contributed by atoms with Crippen LogP contribution in [0.15, 0.2) is 35.1 Å². The molecular weight excluding hydrogens is 306 g/mol. The second-order valence-corrected chi connectivity index (χ2v) is 6.15. The molecule has 1 amide bonds. The first-order chi connectivity index (χ1) is 11.5. The van der Waals surface area contributed by atoms with Crippen molar-refractivity contribution in [2.75, 3.05) is 6.54 Å². The Morgan fingerprint density at radius 1 is 1.21 bits per heavy atom. The Morgan fingerprint density at radius 2 is 2.00 bits per heavy atom. The molecule has 1 fully saturated rings. The summed E-state index contributed by atoms with van der Waals surface area (Å²) in [6, 6.07) is 7.93. The number of amides is 1. The molecule has 2 aromatic rings. The Kier molecular flexibility index (Phi) is 4.29. The van der Waals surface area contributed by atoms with E-state index in [2.05, 4.69) is 10.2 Å². The Hall–Kier alpha value is -2.76. The highest BCUT2D eigenvalue weighted by atomic mass is 16.2. The minimum Gasteiger partial charge on any atom is -0.327 e. The minimum absolute atomic E-state index is 0.0357. The Morgan fingerprint density at radius 3 is 2.71 bits per heavy atom. The van der Waals surface area contributed by atoms with Gasteiger partial charge in [0.05, 0.1) is 6.04 Å². The molecule has 0 radical (unpaired) electrons. The van der Waals surface area contributed by atoms with E-state index in [-0.39, 0.29) is 22.9 Å². The van der Waals surface area contributed by atoms with Crippen LogP contribution in [-0.2, 0) is 0 Å². The van der Waals surface area contributed by atoms with Crippen LogP contribution in [0.4, 0.5) is 0 Å². The fraction of sp³-hybridized carbons (Fsp3) is 0.333. The molecule has 1 N–H and O–H groups in total. The van der Waals surface area contributed by atoms with Crippen LogP contribution >= 0.6 is 0 Å². The maximum Gasteiger partial charge on any atom is 0.274 e. The van der Waals surface area contributed by atoms with Crippen molar-refractivity contribution in [1.29, 1.82) is 0 Å². The zero-order chi connectivity index (χ0) is 17.3. The van der Waals surface area contributed by atoms with E-state index < -0.39 is 6.04 Å². The number of aromatic nitrogens is 2. The van der Waals surface area contributed by atoms with Gasteiger partial charge < -0.3 is 4.90 Å². The van der Waals surface area contributed by atoms with Crippen molar-refractivity contribution in [3.05, 3.63) is 63.1 Å². The van der Waals surface area contributed by atoms with Crippen LogP contribution in [0, 0.1) is 13.8 Å². The van der Waals surface area contributed by atoms with E-state index in [0.29, 0.717) is 18.5 Å². The predicted octanol–water partition coefficient (Wildman–Crippen LogP) is 1.87. The van der Waals surface area contributed by atoms with E-state index in [1.54, 1.807) is 4.90 Å². The van der Waals surface area contributed by atoms with Gasteiger partial charge in [-0.1, -0.05) is 17.7 Å². The van der Waals surface area contributed by atoms with Gasteiger partial charge in [0.2, 0.25) is 0 Å². The lowest BCUT2D eigenvalue weighted by Gasteiger charge is -2.24. The van der Waals surface area contributed by atoms with Crippen LogP contribution in [-0.4, -0.2) is 39.4 Å². The van der Waals surface area contributed by atoms with E-state index in [9.17, 15) is 14.4 Å². The maximum absolute atomic E-state index is 12.9. The number of H-pyrrole nitrogens is 1. The molecule has 0 saturated carbocycles. The highest BCUT2D eigenvalue weighted by Crippen LogP contribution is 2.24. The fourth-order valence-electron chi connectivity index (χ4n) is 3.07. The molecule has 1 saturated heterocycles. The number of benzene rings is 1. The molecule has 6 heteroatoms. The van der Waals surface area contributed by atoms with Crippen molar-refractivity contribution in [2.45, 2.75) is 32.7 Å². The molecule has 124 valence electrons. The molecule has 1 atom stereocenters. The number of hydrogen-bond donors (Lipinski definition) is 1. The highest BCUT2D eigenvalue weighted by molar-refractivity contribution is 6.05. The smallest absolute Gasteiger partial charge is 0.274 e. The van der Waals surface area contributed by atoms with Crippen molar-refractivity contribution in [1.82, 2.24) is 15.1 Å². The first-order valence-corrected chi connectivity index (χ1v) is 7.95. The molecular formula is C18H19N3O3. The summed E-state index contributed by atoms with van der Waals surface area (Å²) in [5.74, 6) is -0.362. The Balaban J connectivity index is 1.88. The van der Waals surface area contributed by atoms with Crippen molar-refractivity contribution >= 4 is 11.7 Å². The molecule has 1 aromatic heterocycles. The van der Waals surface area contributed by atoms with E-state index in [4.69, 9.17) is 0 Å². The Labute approximate surface area is 139 Å². The fourth-order valence-corrected chi connectivity index (χ4v) is 3.07. The third-order valence-corrected chi connectivity index (χ3v) is 4.37. The molecule has 0 spiro atoms. The van der Waals surface area contributed by atoms with E-state index in [0.717, 1.165) is 17.5 Å². The van der Waals surface area contributed by atoms with Crippen LogP contribution in [0.2, 0.25) is 0 Å². The normalized spacial score (nSPS) is 17.1. The summed E-state index contributed by atoms with van der Waals surface area (Å²) in [6.45, 7) is 4.36. The summed E-state index contributed by atoms with van der Waals surface area (Å²) < 4.78 is 0. The summed E-state index contributed by atoms with van der Waals surface area (Å²) in [7, 11) is 0. The molecule has 1 unspecified atom stereocenters. The van der Waals surface area contributed by atoms with Crippen LogP contribution in [0.25, 0.3) is 0 Å². The predicted molar refractivity (Wildman–Crippen MR) is 89.2 cm³/mol. The summed E-state index contributed by atoms with van der Waals surface area (Å²) in [6.07, 6.45) is 1.41. The molecule has 2 heterocycles. The largest absolute Gasteiger partial charge is 0.327 e. The van der Waals surface area contributed by atoms with E-state index in [1.807, 2.05) is 32.0 Å². The Bertz CT molecular complexity index is 836. The van der Waals surface area contributed by atoms with Gasteiger partial charge >= 0.3 is 0 Å². The van der Waals surface area contributed by atoms with Gasteiger partial charge in [0.25, 0.3) is 11.5 Å². The molecule has 24 heavy (non-hydrogen) atoms. The molecule has 0 bridgehead atoms. The summed E-state index contributed by atoms with van der Waals surface area (Å²) >= 11 is 0. The van der Waals surface area contributed by atoms with Crippen LogP contribution in [0.1, 0.15) is 44.8 Å². The molecule has 1 aliphatic rings. The van der Waals surface area contributed by atoms with Gasteiger partial charge in [-0.25, -0.2) is 5.10 Å². The van der Waals surface area contributed by atoms with Crippen LogP contribution in [0.5, 0.6) is 0 Å². The second kappa shape index (κ2) is 6.39. The lowest BCUT2D eigenvalue weighted by molar-refractivity contribution is 0.0666. The summed E-state index contributed by atoms with van der Waals surface area (Å²) in [5.41, 5.74) is 2.37. The first-order valence-electron chi connectivity index (χ1n) is 7.95. The average molecular weight is 325 g/mol. The zero-order valence-electron chi connectivity index (χ0n) is 13.7. The third kappa shape index (κ3) is 2.99. The van der Waals surface area contributed by atoms with Crippen LogP contribution < -0.4 is 5.56 Å². The summed E-state index contributed by atoms with van der Waals surface area (Å²) in [4.78, 5) is 38.2. The number of likely N-dealkylation sites (tertiary alicyclic amines) is 1. The quantitative estimate of drug-likeness (QED) is 0.873. The summed E-state index contributed by atoms with van der Waals surface area (Å²) in [5, 5.41) is 6.04. The van der Waals surface area contributed by atoms with Gasteiger partial charge in [0.1, 0.15) is 5.69 Å². The number of carbonyl (C=O) groups excluding carboxylic acids is 2. The van der Waals surface area contributed by atoms with Crippen molar-refractivity contribution < 1.29 is 9.59 Å². The number of aryl methyl sites for hydroxylation is 2. The molecule has 3 rings (SSSR count). The van der Waals surface area contributed by atoms with E-state index >= 15 is 0 Å². The van der Waals surface area contributed by atoms with Gasteiger partial charge in [-0.3, -0.25) is 14.4 Å². The number of hydrogen-bond acceptors (Lipinski definition) is 4. The van der Waals surface area contributed by atoms with Gasteiger partial charge in [-0.05, 0) is 44.4 Å². The second-order valence-electron chi connectivity index (χ2n) is 6.15. The maximum atomic E-state index is 12.9. The molecule has 6 nitrogen and oxygen atoms in total. The zero-order valence-corrected chi connectivity index (χ0v) is 13.7. The van der Waals surface area contributed by atoms with Crippen molar-refractivity contribution in [3.63, 3.8) is 0 Å². The molecule has 0 aliphatic carbocycles. The SMILES string of the molecule is Cc1ccc(C)c(C(=O)C2CCCN2C(=O)c2ccc(=O)[nH]n2)c1. The third-order valence-electron chi connectivity index (χ3n) is 4.37. The number of rotatable bonds is 3. The van der Waals surface area contributed by atoms with Crippen molar-refractivity contribution in [2.24, 2.45) is 0 Å². The topological polar surface area (TPSA) is 83.1 Å². The standard InChI is InChI=1S/C18H19N3O3/c1-11-5-6-12(2)13(10-11)17(23)15-4-3-9-21(15)18(24)14-7-8-16(22)20-19-14/h5-8,10,15H,3-4,9H2,1-2H3,(H,20,22). The van der Waals surface area contributed by atoms with Crippen LogP contribution in [0.3, 0.4) is 0 Å². The number of aromatic amines is 1. The molecule has 1 aliphatic heterocycles. The van der Waals surface area contributed by atoms with Gasteiger partial charge in [0, 0.05) is 18.2 Å². The lowest BCUT2D eigenvalue weighted by Crippen LogP contribution is -2.41. The number of ketones is 1. The first kappa shape index (κ1) is 16.1. The minimum atomic E-state index is -0.480. The number of nitrogens with zero attached hydrogens (tertiary/aromatic N) is 2. The highest BCUT2D eigenvalue weighted by Gasteiger charge is 2.36.